The molecule has 3 rings (SSSR count). The molecule has 2 amide bonds. The fraction of sp³-hybridized carbons (Fsp3) is 0.467. The van der Waals surface area contributed by atoms with Crippen LogP contribution >= 0.6 is 0 Å². The van der Waals surface area contributed by atoms with Gasteiger partial charge in [-0.2, -0.15) is 0 Å². The Morgan fingerprint density at radius 3 is 2.65 bits per heavy atom. The summed E-state index contributed by atoms with van der Waals surface area (Å²) < 4.78 is 0. The Morgan fingerprint density at radius 1 is 1.30 bits per heavy atom. The molecule has 1 aliphatic carbocycles. The highest BCUT2D eigenvalue weighted by molar-refractivity contribution is 6.23. The number of amides is 2. The number of fused-ring (bicyclic) bond motifs is 1. The highest BCUT2D eigenvalue weighted by Crippen LogP contribution is 2.29. The number of anilines is 1. The van der Waals surface area contributed by atoms with Crippen molar-refractivity contribution >= 4 is 17.5 Å². The predicted molar refractivity (Wildman–Crippen MR) is 76.5 cm³/mol. The molecule has 5 nitrogen and oxygen atoms in total. The fourth-order valence-corrected chi connectivity index (χ4v) is 2.83. The number of imide groups is 1. The molecule has 20 heavy (non-hydrogen) atoms. The zero-order chi connectivity index (χ0) is 14.3. The molecule has 1 heterocycles. The van der Waals surface area contributed by atoms with Crippen molar-refractivity contribution in [2.75, 3.05) is 25.4 Å². The third-order valence-corrected chi connectivity index (χ3v) is 4.11. The molecular formula is C15H19N3O2. The third kappa shape index (κ3) is 2.08. The summed E-state index contributed by atoms with van der Waals surface area (Å²) in [5.74, 6) is -0.473. The Labute approximate surface area is 118 Å². The van der Waals surface area contributed by atoms with Crippen molar-refractivity contribution in [1.82, 2.24) is 9.80 Å². The van der Waals surface area contributed by atoms with Gasteiger partial charge in [-0.05, 0) is 31.5 Å². The lowest BCUT2D eigenvalue weighted by molar-refractivity contribution is 0.0635. The fourth-order valence-electron chi connectivity index (χ4n) is 2.83. The Hall–Kier alpha value is -1.88. The number of nitrogens with two attached hydrogens (primary N) is 1. The Balaban J connectivity index is 1.74. The summed E-state index contributed by atoms with van der Waals surface area (Å²) in [6.45, 7) is 4.25. The Kier molecular flexibility index (Phi) is 3.22. The van der Waals surface area contributed by atoms with E-state index in [0.29, 0.717) is 29.4 Å². The van der Waals surface area contributed by atoms with Crippen LogP contribution in [0.4, 0.5) is 5.69 Å². The van der Waals surface area contributed by atoms with Gasteiger partial charge in [0.15, 0.2) is 0 Å². The topological polar surface area (TPSA) is 66.6 Å². The molecule has 0 bridgehead atoms. The van der Waals surface area contributed by atoms with E-state index in [1.165, 1.54) is 17.7 Å². The van der Waals surface area contributed by atoms with Gasteiger partial charge in [0.05, 0.1) is 11.1 Å². The van der Waals surface area contributed by atoms with Gasteiger partial charge < -0.3 is 5.73 Å². The molecule has 1 saturated carbocycles. The molecule has 0 spiro atoms. The molecule has 1 aromatic carbocycles. The van der Waals surface area contributed by atoms with Gasteiger partial charge >= 0.3 is 0 Å². The van der Waals surface area contributed by atoms with E-state index < -0.39 is 0 Å². The second kappa shape index (κ2) is 4.90. The third-order valence-electron chi connectivity index (χ3n) is 4.11. The van der Waals surface area contributed by atoms with Crippen LogP contribution in [0.1, 0.15) is 40.5 Å². The first-order chi connectivity index (χ1) is 9.63. The van der Waals surface area contributed by atoms with Crippen LogP contribution in [0.25, 0.3) is 0 Å². The summed E-state index contributed by atoms with van der Waals surface area (Å²) in [4.78, 5) is 28.2. The van der Waals surface area contributed by atoms with Crippen LogP contribution in [-0.4, -0.2) is 47.3 Å². The van der Waals surface area contributed by atoms with Crippen LogP contribution in [0.5, 0.6) is 0 Å². The average Bonchev–Trinajstić information content (AvgIpc) is 3.23. The Bertz CT molecular complexity index is 566. The van der Waals surface area contributed by atoms with E-state index in [2.05, 4.69) is 11.8 Å². The number of carbonyl (C=O) groups is 2. The SMILES string of the molecule is CCN(CCN1C(=O)c2cccc(N)c2C1=O)C1CC1. The first kappa shape index (κ1) is 13.1. The lowest BCUT2D eigenvalue weighted by Crippen LogP contribution is -2.39. The summed E-state index contributed by atoms with van der Waals surface area (Å²) in [6.07, 6.45) is 2.45. The van der Waals surface area contributed by atoms with Crippen LogP contribution in [0.15, 0.2) is 18.2 Å². The number of benzene rings is 1. The quantitative estimate of drug-likeness (QED) is 0.649. The van der Waals surface area contributed by atoms with E-state index in [0.717, 1.165) is 13.1 Å². The van der Waals surface area contributed by atoms with Gasteiger partial charge in [-0.25, -0.2) is 0 Å². The van der Waals surface area contributed by atoms with E-state index >= 15 is 0 Å². The normalized spacial score (nSPS) is 18.0. The molecule has 0 radical (unpaired) electrons. The van der Waals surface area contributed by atoms with E-state index in [-0.39, 0.29) is 11.8 Å². The molecule has 2 N–H and O–H groups in total. The van der Waals surface area contributed by atoms with Crippen molar-refractivity contribution in [1.29, 1.82) is 0 Å². The summed E-state index contributed by atoms with van der Waals surface area (Å²) in [7, 11) is 0. The number of hydrogen-bond donors (Lipinski definition) is 1. The molecule has 0 aromatic heterocycles. The molecule has 1 aliphatic heterocycles. The number of carbonyl (C=O) groups excluding carboxylic acids is 2. The molecule has 1 fully saturated rings. The molecular weight excluding hydrogens is 254 g/mol. The highest BCUT2D eigenvalue weighted by Gasteiger charge is 2.37. The van der Waals surface area contributed by atoms with Crippen molar-refractivity contribution in [3.05, 3.63) is 29.3 Å². The number of nitrogen functional groups attached to an aromatic ring is 1. The summed E-state index contributed by atoms with van der Waals surface area (Å²) in [5.41, 5.74) is 7.01. The summed E-state index contributed by atoms with van der Waals surface area (Å²) in [5, 5.41) is 0. The summed E-state index contributed by atoms with van der Waals surface area (Å²) >= 11 is 0. The average molecular weight is 273 g/mol. The van der Waals surface area contributed by atoms with Crippen LogP contribution in [-0.2, 0) is 0 Å². The maximum atomic E-state index is 12.3. The zero-order valence-electron chi connectivity index (χ0n) is 11.6. The maximum absolute atomic E-state index is 12.3. The van der Waals surface area contributed by atoms with Crippen LogP contribution in [0, 0.1) is 0 Å². The van der Waals surface area contributed by atoms with Crippen molar-refractivity contribution in [2.45, 2.75) is 25.8 Å². The molecule has 0 atom stereocenters. The van der Waals surface area contributed by atoms with Crippen LogP contribution < -0.4 is 5.73 Å². The van der Waals surface area contributed by atoms with Gasteiger partial charge in [0.25, 0.3) is 11.8 Å². The van der Waals surface area contributed by atoms with E-state index in [1.54, 1.807) is 18.2 Å². The first-order valence-electron chi connectivity index (χ1n) is 7.12. The van der Waals surface area contributed by atoms with Gasteiger partial charge in [0, 0.05) is 24.8 Å². The molecule has 0 saturated heterocycles. The van der Waals surface area contributed by atoms with Crippen molar-refractivity contribution in [2.24, 2.45) is 0 Å². The van der Waals surface area contributed by atoms with Crippen molar-refractivity contribution in [3.63, 3.8) is 0 Å². The minimum absolute atomic E-state index is 0.218. The van der Waals surface area contributed by atoms with E-state index in [1.807, 2.05) is 0 Å². The Morgan fingerprint density at radius 2 is 2.05 bits per heavy atom. The lowest BCUT2D eigenvalue weighted by Gasteiger charge is -2.22. The molecule has 2 aliphatic rings. The number of likely N-dealkylation sites (N-methyl/N-ethyl adjacent to an activating group) is 1. The second-order valence-electron chi connectivity index (χ2n) is 5.39. The standard InChI is InChI=1S/C15H19N3O2/c1-2-17(10-6-7-10)8-9-18-14(19)11-4-3-5-12(16)13(11)15(18)20/h3-5,10H,2,6-9,16H2,1H3. The van der Waals surface area contributed by atoms with Gasteiger partial charge in [-0.1, -0.05) is 13.0 Å². The molecule has 0 unspecified atom stereocenters. The number of hydrogen-bond acceptors (Lipinski definition) is 4. The van der Waals surface area contributed by atoms with Crippen LogP contribution in [0.2, 0.25) is 0 Å². The minimum atomic E-state index is -0.255. The first-order valence-corrected chi connectivity index (χ1v) is 7.12. The lowest BCUT2D eigenvalue weighted by atomic mass is 10.1. The maximum Gasteiger partial charge on any atom is 0.263 e. The van der Waals surface area contributed by atoms with E-state index in [9.17, 15) is 9.59 Å². The van der Waals surface area contributed by atoms with Crippen LogP contribution in [0.3, 0.4) is 0 Å². The monoisotopic (exact) mass is 273 g/mol. The van der Waals surface area contributed by atoms with Gasteiger partial charge in [0.2, 0.25) is 0 Å². The minimum Gasteiger partial charge on any atom is -0.398 e. The largest absolute Gasteiger partial charge is 0.398 e. The molecule has 5 heteroatoms. The van der Waals surface area contributed by atoms with Crippen molar-refractivity contribution in [3.8, 4) is 0 Å². The number of rotatable bonds is 5. The molecule has 1 aromatic rings. The summed E-state index contributed by atoms with van der Waals surface area (Å²) in [6, 6.07) is 5.69. The zero-order valence-corrected chi connectivity index (χ0v) is 11.6. The predicted octanol–water partition coefficient (Wildman–Crippen LogP) is 1.35. The smallest absolute Gasteiger partial charge is 0.263 e. The van der Waals surface area contributed by atoms with Gasteiger partial charge in [0.1, 0.15) is 0 Å². The van der Waals surface area contributed by atoms with E-state index in [4.69, 9.17) is 5.73 Å². The number of nitrogens with zero attached hydrogens (tertiary/aromatic N) is 2. The van der Waals surface area contributed by atoms with Gasteiger partial charge in [-0.15, -0.1) is 0 Å². The van der Waals surface area contributed by atoms with Gasteiger partial charge in [-0.3, -0.25) is 19.4 Å². The van der Waals surface area contributed by atoms with Crippen molar-refractivity contribution < 1.29 is 9.59 Å². The molecule has 106 valence electrons. The second-order valence-corrected chi connectivity index (χ2v) is 5.39. The highest BCUT2D eigenvalue weighted by atomic mass is 16.2.